The molecule has 33 heavy (non-hydrogen) atoms. The molecule has 3 heterocycles. The number of nitrogens with zero attached hydrogens (tertiary/aromatic N) is 3. The van der Waals surface area contributed by atoms with Gasteiger partial charge in [-0.25, -0.2) is 9.78 Å². The van der Waals surface area contributed by atoms with E-state index < -0.39 is 6.03 Å². The van der Waals surface area contributed by atoms with E-state index in [1.807, 2.05) is 13.8 Å². The van der Waals surface area contributed by atoms with Gasteiger partial charge in [0.1, 0.15) is 0 Å². The summed E-state index contributed by atoms with van der Waals surface area (Å²) in [5.74, 6) is -0.338. The van der Waals surface area contributed by atoms with Crippen LogP contribution < -0.4 is 16.0 Å². The molecular formula is C23H24N6O3S. The van der Waals surface area contributed by atoms with Crippen molar-refractivity contribution in [2.24, 2.45) is 0 Å². The summed E-state index contributed by atoms with van der Waals surface area (Å²) in [6.07, 6.45) is 3.80. The molecule has 0 spiro atoms. The van der Waals surface area contributed by atoms with Gasteiger partial charge in [-0.2, -0.15) is 0 Å². The highest BCUT2D eigenvalue weighted by Crippen LogP contribution is 2.29. The molecule has 0 unspecified atom stereocenters. The second-order valence-electron chi connectivity index (χ2n) is 7.86. The summed E-state index contributed by atoms with van der Waals surface area (Å²) in [4.78, 5) is 48.9. The molecule has 3 N–H and O–H groups in total. The molecule has 0 bridgehead atoms. The molecular weight excluding hydrogens is 440 g/mol. The van der Waals surface area contributed by atoms with Crippen LogP contribution in [0.2, 0.25) is 0 Å². The first-order valence-electron chi connectivity index (χ1n) is 10.6. The molecule has 0 saturated heterocycles. The lowest BCUT2D eigenvalue weighted by molar-refractivity contribution is 0.0735. The van der Waals surface area contributed by atoms with Crippen molar-refractivity contribution < 1.29 is 14.4 Å². The standard InChI is InChI=1S/C23H24N6O3S/c1-14(2)25-20(30)16-7-3-4-8-17(16)26-22(32)28-23-27-18-9-11-29(13-19(18)33-23)21(31)15-6-5-10-24-12-15/h3-8,10,12,14H,9,11,13H2,1-2H3,(H,25,30)(H2,26,27,28,32). The highest BCUT2D eigenvalue weighted by atomic mass is 32.1. The lowest BCUT2D eigenvalue weighted by Gasteiger charge is -2.25. The Bertz CT molecular complexity index is 1180. The predicted octanol–water partition coefficient (Wildman–Crippen LogP) is 3.52. The van der Waals surface area contributed by atoms with E-state index in [4.69, 9.17) is 0 Å². The molecule has 1 aliphatic heterocycles. The van der Waals surface area contributed by atoms with Crippen LogP contribution in [-0.2, 0) is 13.0 Å². The highest BCUT2D eigenvalue weighted by molar-refractivity contribution is 7.15. The van der Waals surface area contributed by atoms with Crippen molar-refractivity contribution in [3.63, 3.8) is 0 Å². The number of amides is 4. The summed E-state index contributed by atoms with van der Waals surface area (Å²) in [5, 5.41) is 8.73. The van der Waals surface area contributed by atoms with Gasteiger partial charge in [0.05, 0.1) is 29.1 Å². The molecule has 9 nitrogen and oxygen atoms in total. The van der Waals surface area contributed by atoms with Crippen LogP contribution in [0, 0.1) is 0 Å². The van der Waals surface area contributed by atoms with Crippen LogP contribution in [0.5, 0.6) is 0 Å². The van der Waals surface area contributed by atoms with Crippen molar-refractivity contribution >= 4 is 40.0 Å². The largest absolute Gasteiger partial charge is 0.350 e. The molecule has 4 rings (SSSR count). The molecule has 3 aromatic rings. The van der Waals surface area contributed by atoms with E-state index in [2.05, 4.69) is 25.9 Å². The van der Waals surface area contributed by atoms with Gasteiger partial charge in [-0.15, -0.1) is 0 Å². The maximum atomic E-state index is 12.7. The van der Waals surface area contributed by atoms with Crippen LogP contribution in [0.25, 0.3) is 0 Å². The Morgan fingerprint density at radius 2 is 1.91 bits per heavy atom. The van der Waals surface area contributed by atoms with Crippen LogP contribution in [0.3, 0.4) is 0 Å². The topological polar surface area (TPSA) is 116 Å². The first-order valence-corrected chi connectivity index (χ1v) is 11.4. The molecule has 10 heteroatoms. The number of anilines is 2. The number of benzene rings is 1. The monoisotopic (exact) mass is 464 g/mol. The second-order valence-corrected chi connectivity index (χ2v) is 8.94. The Hall–Kier alpha value is -3.79. The minimum absolute atomic E-state index is 0.0226. The number of urea groups is 1. The quantitative estimate of drug-likeness (QED) is 0.534. The zero-order chi connectivity index (χ0) is 23.4. The lowest BCUT2D eigenvalue weighted by atomic mass is 10.1. The van der Waals surface area contributed by atoms with Crippen LogP contribution in [0.15, 0.2) is 48.8 Å². The Labute approximate surface area is 195 Å². The first-order chi connectivity index (χ1) is 15.9. The third-order valence-electron chi connectivity index (χ3n) is 4.99. The number of thiazole rings is 1. The van der Waals surface area contributed by atoms with Gasteiger partial charge in [-0.05, 0) is 38.1 Å². The normalized spacial score (nSPS) is 12.8. The molecule has 0 fully saturated rings. The van der Waals surface area contributed by atoms with Gasteiger partial charge in [0.25, 0.3) is 11.8 Å². The molecule has 0 aliphatic carbocycles. The minimum atomic E-state index is -0.491. The molecule has 0 saturated carbocycles. The van der Waals surface area contributed by atoms with Crippen LogP contribution >= 0.6 is 11.3 Å². The van der Waals surface area contributed by atoms with E-state index in [-0.39, 0.29) is 17.9 Å². The number of hydrogen-bond acceptors (Lipinski definition) is 6. The van der Waals surface area contributed by atoms with Crippen molar-refractivity contribution in [2.75, 3.05) is 17.2 Å². The number of hydrogen-bond donors (Lipinski definition) is 3. The maximum Gasteiger partial charge on any atom is 0.325 e. The Morgan fingerprint density at radius 3 is 2.67 bits per heavy atom. The van der Waals surface area contributed by atoms with E-state index in [0.29, 0.717) is 41.5 Å². The summed E-state index contributed by atoms with van der Waals surface area (Å²) < 4.78 is 0. The average Bonchev–Trinajstić information content (AvgIpc) is 3.20. The molecule has 0 radical (unpaired) electrons. The number of aromatic nitrogens is 2. The molecule has 1 aromatic carbocycles. The first kappa shape index (κ1) is 22.4. The van der Waals surface area contributed by atoms with Gasteiger partial charge in [-0.1, -0.05) is 23.5 Å². The van der Waals surface area contributed by atoms with Crippen LogP contribution in [0.4, 0.5) is 15.6 Å². The fourth-order valence-corrected chi connectivity index (χ4v) is 4.49. The molecule has 2 aromatic heterocycles. The smallest absolute Gasteiger partial charge is 0.325 e. The van der Waals surface area contributed by atoms with Gasteiger partial charge in [0.15, 0.2) is 5.13 Å². The average molecular weight is 465 g/mol. The van der Waals surface area contributed by atoms with Crippen molar-refractivity contribution in [2.45, 2.75) is 32.9 Å². The van der Waals surface area contributed by atoms with Gasteiger partial charge < -0.3 is 15.5 Å². The summed E-state index contributed by atoms with van der Waals surface area (Å²) in [5.41, 5.74) is 2.21. The Morgan fingerprint density at radius 1 is 1.09 bits per heavy atom. The number of para-hydroxylation sites is 1. The molecule has 4 amide bonds. The van der Waals surface area contributed by atoms with Gasteiger partial charge in [0, 0.05) is 36.3 Å². The van der Waals surface area contributed by atoms with Crippen molar-refractivity contribution in [3.8, 4) is 0 Å². The molecule has 170 valence electrons. The summed E-state index contributed by atoms with van der Waals surface area (Å²) in [7, 11) is 0. The highest BCUT2D eigenvalue weighted by Gasteiger charge is 2.25. The zero-order valence-corrected chi connectivity index (χ0v) is 19.1. The van der Waals surface area contributed by atoms with E-state index in [1.165, 1.54) is 11.3 Å². The maximum absolute atomic E-state index is 12.7. The fourth-order valence-electron chi connectivity index (χ4n) is 3.47. The fraction of sp³-hybridized carbons (Fsp3) is 0.261. The number of pyridine rings is 1. The zero-order valence-electron chi connectivity index (χ0n) is 18.3. The SMILES string of the molecule is CC(C)NC(=O)c1ccccc1NC(=O)Nc1nc2c(s1)CN(C(=O)c1cccnc1)CC2. The minimum Gasteiger partial charge on any atom is -0.350 e. The second kappa shape index (κ2) is 9.78. The van der Waals surface area contributed by atoms with Crippen LogP contribution in [0.1, 0.15) is 45.1 Å². The van der Waals surface area contributed by atoms with Crippen LogP contribution in [-0.4, -0.2) is 45.3 Å². The van der Waals surface area contributed by atoms with Crippen molar-refractivity contribution in [3.05, 3.63) is 70.5 Å². The number of carbonyl (C=O) groups excluding carboxylic acids is 3. The third-order valence-corrected chi connectivity index (χ3v) is 5.98. The number of nitrogens with one attached hydrogen (secondary N) is 3. The third kappa shape index (κ3) is 5.35. The van der Waals surface area contributed by atoms with E-state index >= 15 is 0 Å². The van der Waals surface area contributed by atoms with E-state index in [0.717, 1.165) is 10.6 Å². The Kier molecular flexibility index (Phi) is 6.64. The van der Waals surface area contributed by atoms with Crippen molar-refractivity contribution in [1.82, 2.24) is 20.2 Å². The predicted molar refractivity (Wildman–Crippen MR) is 126 cm³/mol. The van der Waals surface area contributed by atoms with Crippen molar-refractivity contribution in [1.29, 1.82) is 0 Å². The van der Waals surface area contributed by atoms with E-state index in [9.17, 15) is 14.4 Å². The lowest BCUT2D eigenvalue weighted by Crippen LogP contribution is -2.35. The Balaban J connectivity index is 1.41. The summed E-state index contributed by atoms with van der Waals surface area (Å²) >= 11 is 1.34. The van der Waals surface area contributed by atoms with Gasteiger partial charge in [-0.3, -0.25) is 19.9 Å². The van der Waals surface area contributed by atoms with Gasteiger partial charge >= 0.3 is 6.03 Å². The number of rotatable bonds is 5. The summed E-state index contributed by atoms with van der Waals surface area (Å²) in [6.45, 7) is 4.73. The molecule has 1 aliphatic rings. The van der Waals surface area contributed by atoms with Gasteiger partial charge in [0.2, 0.25) is 0 Å². The van der Waals surface area contributed by atoms with E-state index in [1.54, 1.807) is 53.7 Å². The number of fused-ring (bicyclic) bond motifs is 1. The number of carbonyl (C=O) groups is 3. The molecule has 0 atom stereocenters. The summed E-state index contributed by atoms with van der Waals surface area (Å²) in [6, 6.07) is 9.78.